The molecule has 34 heavy (non-hydrogen) atoms. The fourth-order valence-corrected chi connectivity index (χ4v) is 3.89. The van der Waals surface area contributed by atoms with Crippen LogP contribution in [-0.4, -0.2) is 28.0 Å². The predicted octanol–water partition coefficient (Wildman–Crippen LogP) is 6.91. The third-order valence-corrected chi connectivity index (χ3v) is 5.64. The molecule has 1 aromatic heterocycles. The highest BCUT2D eigenvalue weighted by molar-refractivity contribution is 5.97. The van der Waals surface area contributed by atoms with Crippen LogP contribution in [0.5, 0.6) is 0 Å². The van der Waals surface area contributed by atoms with Crippen molar-refractivity contribution < 1.29 is 31.1 Å². The highest BCUT2D eigenvalue weighted by atomic mass is 19.4. The van der Waals surface area contributed by atoms with Gasteiger partial charge in [-0.1, -0.05) is 51.1 Å². The lowest BCUT2D eigenvalue weighted by Gasteiger charge is -2.39. The molecular formula is C24H21F6N3O. The minimum absolute atomic E-state index is 0.0185. The van der Waals surface area contributed by atoms with Crippen molar-refractivity contribution in [2.45, 2.75) is 51.1 Å². The highest BCUT2D eigenvalue weighted by Crippen LogP contribution is 2.58. The minimum atomic E-state index is -5.85. The first-order valence-corrected chi connectivity index (χ1v) is 10.3. The van der Waals surface area contributed by atoms with E-state index in [1.807, 2.05) is 20.8 Å². The number of hydrogen-bond acceptors (Lipinski definition) is 3. The topological polar surface area (TPSA) is 39.4 Å². The normalized spacial score (nSPS) is 16.0. The van der Waals surface area contributed by atoms with Crippen molar-refractivity contribution in [2.75, 3.05) is 0 Å². The average molecular weight is 481 g/mol. The van der Waals surface area contributed by atoms with E-state index in [2.05, 4.69) is 10.1 Å². The van der Waals surface area contributed by atoms with Gasteiger partial charge in [0.2, 0.25) is 5.90 Å². The van der Waals surface area contributed by atoms with E-state index in [0.717, 1.165) is 17.2 Å². The van der Waals surface area contributed by atoms with Crippen molar-refractivity contribution >= 4 is 11.7 Å². The van der Waals surface area contributed by atoms with E-state index in [-0.39, 0.29) is 16.7 Å². The summed E-state index contributed by atoms with van der Waals surface area (Å²) in [6, 6.07) is 13.9. The third kappa shape index (κ3) is 3.65. The number of hydrogen-bond donors (Lipinski definition) is 0. The van der Waals surface area contributed by atoms with Gasteiger partial charge in [-0.15, -0.1) is 0 Å². The van der Waals surface area contributed by atoms with E-state index in [1.165, 1.54) is 24.3 Å². The summed E-state index contributed by atoms with van der Waals surface area (Å²) in [5, 5.41) is 3.99. The Balaban J connectivity index is 2.02. The van der Waals surface area contributed by atoms with Gasteiger partial charge in [0.25, 0.3) is 0 Å². The molecule has 4 rings (SSSR count). The van der Waals surface area contributed by atoms with E-state index in [1.54, 1.807) is 30.3 Å². The number of benzene rings is 2. The van der Waals surface area contributed by atoms with Crippen LogP contribution in [0.25, 0.3) is 5.69 Å². The molecule has 2 heterocycles. The summed E-state index contributed by atoms with van der Waals surface area (Å²) in [7, 11) is 0. The van der Waals surface area contributed by atoms with Crippen molar-refractivity contribution in [3.8, 4) is 5.69 Å². The number of para-hydroxylation sites is 1. The molecule has 0 unspecified atom stereocenters. The smallest absolute Gasteiger partial charge is 0.442 e. The van der Waals surface area contributed by atoms with E-state index < -0.39 is 40.9 Å². The number of aryl methyl sites for hydroxylation is 1. The zero-order valence-corrected chi connectivity index (χ0v) is 18.7. The summed E-state index contributed by atoms with van der Waals surface area (Å²) in [6.45, 7) is 6.87. The molecule has 0 spiro atoms. The van der Waals surface area contributed by atoms with Gasteiger partial charge < -0.3 is 4.74 Å². The third-order valence-electron chi connectivity index (χ3n) is 5.64. The molecule has 0 saturated heterocycles. The van der Waals surface area contributed by atoms with E-state index >= 15 is 0 Å². The second-order valence-corrected chi connectivity index (χ2v) is 9.05. The predicted molar refractivity (Wildman–Crippen MR) is 115 cm³/mol. The summed E-state index contributed by atoms with van der Waals surface area (Å²) in [4.78, 5) is 4.12. The Labute approximate surface area is 191 Å². The first kappa shape index (κ1) is 23.8. The lowest BCUT2D eigenvalue weighted by Crippen LogP contribution is -2.58. The number of ether oxygens (including phenoxy) is 1. The Kier molecular flexibility index (Phi) is 5.34. The number of alkyl halides is 6. The van der Waals surface area contributed by atoms with Gasteiger partial charge in [-0.25, -0.2) is 4.68 Å². The Morgan fingerprint density at radius 3 is 1.88 bits per heavy atom. The summed E-state index contributed by atoms with van der Waals surface area (Å²) in [6.07, 6.45) is -11.7. The Hall–Kier alpha value is -3.30. The SMILES string of the molecule is Cc1nn(-c2ccccc2)c2c1C(C(F)(F)F)(C(F)(F)F)OC(c1ccc(C(C)(C)C)cc1)=N2. The summed E-state index contributed by atoms with van der Waals surface area (Å²) in [5.41, 5.74) is -5.48. The number of nitrogens with zero attached hydrogens (tertiary/aromatic N) is 3. The molecule has 0 bridgehead atoms. The van der Waals surface area contributed by atoms with Crippen LogP contribution in [0.3, 0.4) is 0 Å². The first-order valence-electron chi connectivity index (χ1n) is 10.3. The van der Waals surface area contributed by atoms with Gasteiger partial charge in [0, 0.05) is 5.56 Å². The number of aromatic nitrogens is 2. The molecule has 0 atom stereocenters. The van der Waals surface area contributed by atoms with Crippen molar-refractivity contribution in [1.82, 2.24) is 9.78 Å². The molecule has 1 aliphatic heterocycles. The van der Waals surface area contributed by atoms with Crippen LogP contribution in [0.4, 0.5) is 32.2 Å². The lowest BCUT2D eigenvalue weighted by molar-refractivity contribution is -0.370. The van der Waals surface area contributed by atoms with Gasteiger partial charge in [-0.2, -0.15) is 36.4 Å². The van der Waals surface area contributed by atoms with Gasteiger partial charge in [0.15, 0.2) is 5.82 Å². The zero-order valence-electron chi connectivity index (χ0n) is 18.7. The van der Waals surface area contributed by atoms with Gasteiger partial charge in [-0.3, -0.25) is 0 Å². The second-order valence-electron chi connectivity index (χ2n) is 9.05. The van der Waals surface area contributed by atoms with Gasteiger partial charge in [-0.05, 0) is 42.2 Å². The molecule has 0 aliphatic carbocycles. The van der Waals surface area contributed by atoms with E-state index in [9.17, 15) is 26.3 Å². The molecule has 1 aliphatic rings. The molecule has 4 nitrogen and oxygen atoms in total. The number of aliphatic imine (C=N–C) groups is 1. The largest absolute Gasteiger partial charge is 0.446 e. The molecule has 3 aromatic rings. The van der Waals surface area contributed by atoms with Crippen molar-refractivity contribution in [3.05, 3.63) is 77.0 Å². The molecule has 10 heteroatoms. The molecule has 0 saturated carbocycles. The second kappa shape index (κ2) is 7.61. The van der Waals surface area contributed by atoms with Crippen LogP contribution in [0.1, 0.15) is 43.2 Å². The first-order chi connectivity index (χ1) is 15.7. The van der Waals surface area contributed by atoms with Crippen LogP contribution in [-0.2, 0) is 15.8 Å². The fraction of sp³-hybridized carbons (Fsp3) is 0.333. The number of rotatable bonds is 2. The van der Waals surface area contributed by atoms with Gasteiger partial charge in [0.05, 0.1) is 16.9 Å². The molecule has 0 fully saturated rings. The van der Waals surface area contributed by atoms with Crippen molar-refractivity contribution in [2.24, 2.45) is 4.99 Å². The van der Waals surface area contributed by atoms with Gasteiger partial charge >= 0.3 is 18.0 Å². The van der Waals surface area contributed by atoms with Crippen LogP contribution in [0.15, 0.2) is 59.6 Å². The minimum Gasteiger partial charge on any atom is -0.446 e. The van der Waals surface area contributed by atoms with Crippen LogP contribution in [0.2, 0.25) is 0 Å². The summed E-state index contributed by atoms with van der Waals surface area (Å²) >= 11 is 0. The Morgan fingerprint density at radius 1 is 0.824 bits per heavy atom. The lowest BCUT2D eigenvalue weighted by atomic mass is 9.86. The van der Waals surface area contributed by atoms with Crippen LogP contribution >= 0.6 is 0 Å². The number of halogens is 6. The molecule has 2 aromatic carbocycles. The molecule has 0 N–H and O–H groups in total. The molecule has 180 valence electrons. The molecular weight excluding hydrogens is 460 g/mol. The Morgan fingerprint density at radius 2 is 1.38 bits per heavy atom. The van der Waals surface area contributed by atoms with Crippen molar-refractivity contribution in [1.29, 1.82) is 0 Å². The highest BCUT2D eigenvalue weighted by Gasteiger charge is 2.77. The molecule has 0 amide bonds. The van der Waals surface area contributed by atoms with Crippen LogP contribution < -0.4 is 0 Å². The quantitative estimate of drug-likeness (QED) is 0.373. The summed E-state index contributed by atoms with van der Waals surface area (Å²) in [5.74, 6) is -1.38. The van der Waals surface area contributed by atoms with Gasteiger partial charge in [0.1, 0.15) is 0 Å². The molecule has 0 radical (unpaired) electrons. The maximum atomic E-state index is 14.3. The van der Waals surface area contributed by atoms with E-state index in [0.29, 0.717) is 0 Å². The van der Waals surface area contributed by atoms with Crippen molar-refractivity contribution in [3.63, 3.8) is 0 Å². The van der Waals surface area contributed by atoms with E-state index in [4.69, 9.17) is 4.74 Å². The Bertz CT molecular complexity index is 1220. The standard InChI is InChI=1S/C24H21F6N3O/c1-14-18-19(33(32-14)17-8-6-5-7-9-17)31-20(15-10-12-16(13-11-15)21(2,3)4)34-22(18,23(25,26)27)24(28,29)30/h5-13H,1-4H3. The summed E-state index contributed by atoms with van der Waals surface area (Å²) < 4.78 is 91.8. The fourth-order valence-electron chi connectivity index (χ4n) is 3.89. The van der Waals surface area contributed by atoms with Crippen LogP contribution in [0, 0.1) is 6.92 Å². The average Bonchev–Trinajstić information content (AvgIpc) is 3.08. The maximum absolute atomic E-state index is 14.3. The monoisotopic (exact) mass is 481 g/mol. The zero-order chi connectivity index (χ0) is 25.1. The number of fused-ring (bicyclic) bond motifs is 1. The maximum Gasteiger partial charge on any atom is 0.442 e.